The molecular formula is C15H21ClN2O3. The van der Waals surface area contributed by atoms with Gasteiger partial charge in [0.1, 0.15) is 0 Å². The molecule has 1 heterocycles. The first-order valence-corrected chi connectivity index (χ1v) is 7.55. The zero-order valence-electron chi connectivity index (χ0n) is 12.4. The summed E-state index contributed by atoms with van der Waals surface area (Å²) in [5.74, 6) is 0.964. The van der Waals surface area contributed by atoms with Gasteiger partial charge in [0, 0.05) is 31.7 Å². The van der Waals surface area contributed by atoms with Gasteiger partial charge in [-0.05, 0) is 18.6 Å². The topological polar surface area (TPSA) is 50.8 Å². The monoisotopic (exact) mass is 312 g/mol. The summed E-state index contributed by atoms with van der Waals surface area (Å²) in [5.41, 5.74) is 0.530. The van der Waals surface area contributed by atoms with Crippen LogP contribution in [0.1, 0.15) is 23.7 Å². The molecule has 0 aromatic heterocycles. The van der Waals surface area contributed by atoms with Crippen LogP contribution in [0.4, 0.5) is 0 Å². The van der Waals surface area contributed by atoms with E-state index in [2.05, 4.69) is 5.32 Å². The van der Waals surface area contributed by atoms with Gasteiger partial charge < -0.3 is 19.7 Å². The third-order valence-corrected chi connectivity index (χ3v) is 3.61. The van der Waals surface area contributed by atoms with Crippen LogP contribution in [-0.2, 0) is 0 Å². The highest BCUT2D eigenvalue weighted by Crippen LogP contribution is 2.36. The molecule has 1 N–H and O–H groups in total. The van der Waals surface area contributed by atoms with Gasteiger partial charge in [0.2, 0.25) is 0 Å². The molecule has 0 spiro atoms. The number of halogens is 1. The van der Waals surface area contributed by atoms with Crippen molar-refractivity contribution in [2.24, 2.45) is 0 Å². The lowest BCUT2D eigenvalue weighted by molar-refractivity contribution is 0.0735. The molecule has 1 aliphatic rings. The van der Waals surface area contributed by atoms with Crippen molar-refractivity contribution in [3.63, 3.8) is 0 Å². The van der Waals surface area contributed by atoms with Crippen LogP contribution in [0.5, 0.6) is 11.5 Å². The molecule has 0 atom stereocenters. The number of hydrogen-bond donors (Lipinski definition) is 1. The first-order chi connectivity index (χ1) is 10.2. The minimum atomic E-state index is -0.0289. The second-order valence-electron chi connectivity index (χ2n) is 4.88. The molecule has 1 aliphatic heterocycles. The number of methoxy groups -OCH3 is 1. The number of carbonyl (C=O) groups is 1. The molecule has 5 nitrogen and oxygen atoms in total. The number of nitrogens with one attached hydrogen (secondary N) is 1. The molecule has 0 aliphatic carbocycles. The van der Waals surface area contributed by atoms with Gasteiger partial charge >= 0.3 is 0 Å². The van der Waals surface area contributed by atoms with Gasteiger partial charge in [-0.2, -0.15) is 0 Å². The minimum absolute atomic E-state index is 0.0289. The van der Waals surface area contributed by atoms with E-state index in [1.54, 1.807) is 19.2 Å². The number of amides is 1. The van der Waals surface area contributed by atoms with Crippen molar-refractivity contribution < 1.29 is 14.3 Å². The molecule has 2 rings (SSSR count). The summed E-state index contributed by atoms with van der Waals surface area (Å²) >= 11 is 6.24. The Bertz CT molecular complexity index is 502. The molecule has 6 heteroatoms. The van der Waals surface area contributed by atoms with Gasteiger partial charge in [0.15, 0.2) is 11.5 Å². The quantitative estimate of drug-likeness (QED) is 0.905. The standard InChI is InChI=1S/C15H21ClN2O3/c1-3-8-21-14-12(16)9-11(10-13(14)20-2)15(19)18-6-4-17-5-7-18/h9-10,17H,3-8H2,1-2H3. The first-order valence-electron chi connectivity index (χ1n) is 7.17. The highest BCUT2D eigenvalue weighted by atomic mass is 35.5. The molecule has 0 radical (unpaired) electrons. The van der Waals surface area contributed by atoms with Crippen LogP contribution < -0.4 is 14.8 Å². The lowest BCUT2D eigenvalue weighted by Gasteiger charge is -2.27. The number of benzene rings is 1. The fraction of sp³-hybridized carbons (Fsp3) is 0.533. The van der Waals surface area contributed by atoms with Crippen LogP contribution in [-0.4, -0.2) is 50.7 Å². The smallest absolute Gasteiger partial charge is 0.254 e. The van der Waals surface area contributed by atoms with Crippen molar-refractivity contribution in [3.05, 3.63) is 22.7 Å². The van der Waals surface area contributed by atoms with Gasteiger partial charge in [0.05, 0.1) is 18.7 Å². The summed E-state index contributed by atoms with van der Waals surface area (Å²) in [5, 5.41) is 3.63. The van der Waals surface area contributed by atoms with Crippen LogP contribution in [0.15, 0.2) is 12.1 Å². The van der Waals surface area contributed by atoms with Crippen molar-refractivity contribution in [3.8, 4) is 11.5 Å². The normalized spacial score (nSPS) is 14.9. The van der Waals surface area contributed by atoms with Gasteiger partial charge in [-0.25, -0.2) is 0 Å². The van der Waals surface area contributed by atoms with E-state index in [1.165, 1.54) is 0 Å². The molecular weight excluding hydrogens is 292 g/mol. The van der Waals surface area contributed by atoms with E-state index >= 15 is 0 Å². The molecule has 1 aromatic carbocycles. The summed E-state index contributed by atoms with van der Waals surface area (Å²) in [6.07, 6.45) is 0.876. The Kier molecular flexibility index (Phi) is 5.70. The first kappa shape index (κ1) is 15.9. The van der Waals surface area contributed by atoms with E-state index in [0.717, 1.165) is 19.5 Å². The van der Waals surface area contributed by atoms with Crippen LogP contribution in [0.2, 0.25) is 5.02 Å². The Labute approximate surface area is 130 Å². The fourth-order valence-corrected chi connectivity index (χ4v) is 2.50. The van der Waals surface area contributed by atoms with E-state index in [0.29, 0.717) is 41.8 Å². The van der Waals surface area contributed by atoms with Crippen molar-refractivity contribution in [1.82, 2.24) is 10.2 Å². The summed E-state index contributed by atoms with van der Waals surface area (Å²) in [4.78, 5) is 14.3. The van der Waals surface area contributed by atoms with E-state index in [4.69, 9.17) is 21.1 Å². The Balaban J connectivity index is 2.24. The van der Waals surface area contributed by atoms with Gasteiger partial charge in [-0.1, -0.05) is 18.5 Å². The Hall–Kier alpha value is -1.46. The van der Waals surface area contributed by atoms with E-state index < -0.39 is 0 Å². The van der Waals surface area contributed by atoms with E-state index in [1.807, 2.05) is 11.8 Å². The van der Waals surface area contributed by atoms with Crippen molar-refractivity contribution in [2.45, 2.75) is 13.3 Å². The molecule has 1 fully saturated rings. The molecule has 21 heavy (non-hydrogen) atoms. The Morgan fingerprint density at radius 2 is 2.10 bits per heavy atom. The van der Waals surface area contributed by atoms with E-state index in [-0.39, 0.29) is 5.91 Å². The van der Waals surface area contributed by atoms with Gasteiger partial charge in [-0.15, -0.1) is 0 Å². The number of ether oxygens (including phenoxy) is 2. The summed E-state index contributed by atoms with van der Waals surface area (Å²) < 4.78 is 10.9. The van der Waals surface area contributed by atoms with Gasteiger partial charge in [-0.3, -0.25) is 4.79 Å². The third kappa shape index (κ3) is 3.80. The lowest BCUT2D eigenvalue weighted by Crippen LogP contribution is -2.46. The summed E-state index contributed by atoms with van der Waals surface area (Å²) in [6, 6.07) is 3.35. The number of carbonyl (C=O) groups excluding carboxylic acids is 1. The van der Waals surface area contributed by atoms with Crippen molar-refractivity contribution >= 4 is 17.5 Å². The van der Waals surface area contributed by atoms with Crippen LogP contribution in [0.25, 0.3) is 0 Å². The summed E-state index contributed by atoms with van der Waals surface area (Å²) in [6.45, 7) is 5.60. The molecule has 1 saturated heterocycles. The number of hydrogen-bond acceptors (Lipinski definition) is 4. The van der Waals surface area contributed by atoms with Gasteiger partial charge in [0.25, 0.3) is 5.91 Å². The number of nitrogens with zero attached hydrogens (tertiary/aromatic N) is 1. The van der Waals surface area contributed by atoms with Crippen molar-refractivity contribution in [1.29, 1.82) is 0 Å². The third-order valence-electron chi connectivity index (χ3n) is 3.33. The highest BCUT2D eigenvalue weighted by molar-refractivity contribution is 6.32. The van der Waals surface area contributed by atoms with Crippen LogP contribution >= 0.6 is 11.6 Å². The maximum atomic E-state index is 12.5. The maximum absolute atomic E-state index is 12.5. The lowest BCUT2D eigenvalue weighted by atomic mass is 10.1. The molecule has 116 valence electrons. The predicted octanol–water partition coefficient (Wildman–Crippen LogP) is 2.18. The average Bonchev–Trinajstić information content (AvgIpc) is 2.53. The average molecular weight is 313 g/mol. The Morgan fingerprint density at radius 1 is 1.38 bits per heavy atom. The molecule has 1 amide bonds. The number of piperazine rings is 1. The van der Waals surface area contributed by atoms with Crippen LogP contribution in [0, 0.1) is 0 Å². The highest BCUT2D eigenvalue weighted by Gasteiger charge is 2.21. The molecule has 1 aromatic rings. The Morgan fingerprint density at radius 3 is 2.71 bits per heavy atom. The fourth-order valence-electron chi connectivity index (χ4n) is 2.24. The zero-order chi connectivity index (χ0) is 15.2. The maximum Gasteiger partial charge on any atom is 0.254 e. The van der Waals surface area contributed by atoms with Crippen molar-refractivity contribution in [2.75, 3.05) is 39.9 Å². The SMILES string of the molecule is CCCOc1c(Cl)cc(C(=O)N2CCNCC2)cc1OC. The zero-order valence-corrected chi connectivity index (χ0v) is 13.2. The minimum Gasteiger partial charge on any atom is -0.493 e. The second-order valence-corrected chi connectivity index (χ2v) is 5.29. The molecule has 0 unspecified atom stereocenters. The molecule has 0 saturated carbocycles. The van der Waals surface area contributed by atoms with Crippen LogP contribution in [0.3, 0.4) is 0 Å². The number of rotatable bonds is 5. The predicted molar refractivity (Wildman–Crippen MR) is 82.6 cm³/mol. The summed E-state index contributed by atoms with van der Waals surface area (Å²) in [7, 11) is 1.55. The van der Waals surface area contributed by atoms with E-state index in [9.17, 15) is 4.79 Å². The largest absolute Gasteiger partial charge is 0.493 e. The molecule has 0 bridgehead atoms. The second kappa shape index (κ2) is 7.52.